The largest absolute Gasteiger partial charge is 0.344 e. The second-order valence-corrected chi connectivity index (χ2v) is 13.2. The van der Waals surface area contributed by atoms with E-state index in [1.165, 1.54) is 25.0 Å². The fraction of sp³-hybridized carbons (Fsp3) is 0.636. The van der Waals surface area contributed by atoms with Crippen LogP contribution in [0.1, 0.15) is 102 Å². The summed E-state index contributed by atoms with van der Waals surface area (Å²) < 4.78 is 15.6. The van der Waals surface area contributed by atoms with Gasteiger partial charge in [0.1, 0.15) is 17.6 Å². The second-order valence-electron chi connectivity index (χ2n) is 13.2. The highest BCUT2D eigenvalue weighted by Gasteiger charge is 2.41. The summed E-state index contributed by atoms with van der Waals surface area (Å²) in [7, 11) is 0. The quantitative estimate of drug-likeness (QED) is 0.386. The van der Waals surface area contributed by atoms with E-state index >= 15 is 0 Å². The lowest BCUT2D eigenvalue weighted by molar-refractivity contribution is -0.141. The molecule has 3 atom stereocenters. The molecule has 8 nitrogen and oxygen atoms in total. The van der Waals surface area contributed by atoms with Crippen LogP contribution < -0.4 is 5.32 Å². The molecular formula is C33H48FN5O3. The lowest BCUT2D eigenvalue weighted by Gasteiger charge is -2.37. The number of carbonyl (C=O) groups excluding carboxylic acids is 3. The maximum Gasteiger partial charge on any atom is 0.274 e. The first-order valence-electron chi connectivity index (χ1n) is 15.7. The summed E-state index contributed by atoms with van der Waals surface area (Å²) in [6.07, 6.45) is 11.1. The fourth-order valence-electron chi connectivity index (χ4n) is 6.06. The maximum absolute atomic E-state index is 14.0. The predicted molar refractivity (Wildman–Crippen MR) is 161 cm³/mol. The van der Waals surface area contributed by atoms with Crippen molar-refractivity contribution in [3.63, 3.8) is 0 Å². The van der Waals surface area contributed by atoms with Gasteiger partial charge in [-0.25, -0.2) is 9.37 Å². The van der Waals surface area contributed by atoms with Gasteiger partial charge >= 0.3 is 0 Å². The van der Waals surface area contributed by atoms with Crippen molar-refractivity contribution in [3.05, 3.63) is 53.9 Å². The van der Waals surface area contributed by atoms with Crippen LogP contribution >= 0.6 is 0 Å². The average molecular weight is 582 g/mol. The monoisotopic (exact) mass is 581 g/mol. The number of halogens is 1. The van der Waals surface area contributed by atoms with Crippen LogP contribution in [0.3, 0.4) is 0 Å². The van der Waals surface area contributed by atoms with Crippen molar-refractivity contribution in [1.82, 2.24) is 24.7 Å². The standard InChI is InChI=1S/C33H48FN5O3/c1-6-23(2)30(40)36-29(33(3,4)5)32(42)39-18-9-12-27(39)20-37(19-17-24-13-15-25(34)16-14-24)31(41)28-21-38(22-35-28)26-10-7-8-11-26/h13-16,21-23,26-27,29H,6-12,17-20H2,1-5H3,(H,36,40)/t23-,27+,29-/m1/s1. The van der Waals surface area contributed by atoms with Gasteiger partial charge in [0.15, 0.2) is 0 Å². The minimum absolute atomic E-state index is 0.0990. The van der Waals surface area contributed by atoms with Gasteiger partial charge in [-0.1, -0.05) is 59.6 Å². The van der Waals surface area contributed by atoms with Crippen molar-refractivity contribution in [2.24, 2.45) is 11.3 Å². The zero-order valence-corrected chi connectivity index (χ0v) is 25.9. The summed E-state index contributed by atoms with van der Waals surface area (Å²) in [5.74, 6) is -0.849. The van der Waals surface area contributed by atoms with Crippen molar-refractivity contribution >= 4 is 17.7 Å². The molecule has 230 valence electrons. The number of hydrogen-bond acceptors (Lipinski definition) is 4. The average Bonchev–Trinajstić information content (AvgIpc) is 3.75. The van der Waals surface area contributed by atoms with Crippen molar-refractivity contribution < 1.29 is 18.8 Å². The van der Waals surface area contributed by atoms with Gasteiger partial charge in [-0.3, -0.25) is 14.4 Å². The van der Waals surface area contributed by atoms with E-state index < -0.39 is 11.5 Å². The van der Waals surface area contributed by atoms with Crippen LogP contribution in [0.25, 0.3) is 0 Å². The number of nitrogens with one attached hydrogen (secondary N) is 1. The highest BCUT2D eigenvalue weighted by atomic mass is 19.1. The third kappa shape index (κ3) is 7.78. The van der Waals surface area contributed by atoms with E-state index in [-0.39, 0.29) is 35.5 Å². The molecule has 0 spiro atoms. The van der Waals surface area contributed by atoms with Gasteiger partial charge in [-0.15, -0.1) is 0 Å². The number of likely N-dealkylation sites (tertiary alicyclic amines) is 1. The lowest BCUT2D eigenvalue weighted by atomic mass is 9.85. The summed E-state index contributed by atoms with van der Waals surface area (Å²) in [5, 5.41) is 3.03. The summed E-state index contributed by atoms with van der Waals surface area (Å²) in [6, 6.07) is 5.90. The van der Waals surface area contributed by atoms with Gasteiger partial charge in [-0.05, 0) is 61.6 Å². The Labute approximate surface area is 250 Å². The summed E-state index contributed by atoms with van der Waals surface area (Å²) in [6.45, 7) is 11.1. The first kappa shape index (κ1) is 31.7. The molecule has 2 heterocycles. The molecule has 9 heteroatoms. The minimum Gasteiger partial charge on any atom is -0.344 e. The topological polar surface area (TPSA) is 87.5 Å². The molecule has 0 radical (unpaired) electrons. The maximum atomic E-state index is 14.0. The van der Waals surface area contributed by atoms with Gasteiger partial charge in [0.2, 0.25) is 11.8 Å². The van der Waals surface area contributed by atoms with Crippen LogP contribution in [0.15, 0.2) is 36.8 Å². The number of imidazole rings is 1. The molecule has 1 N–H and O–H groups in total. The molecule has 1 aliphatic heterocycles. The van der Waals surface area contributed by atoms with E-state index in [2.05, 4.69) is 14.9 Å². The van der Waals surface area contributed by atoms with E-state index in [0.717, 1.165) is 31.2 Å². The zero-order valence-electron chi connectivity index (χ0n) is 25.9. The molecule has 0 unspecified atom stereocenters. The highest BCUT2D eigenvalue weighted by molar-refractivity contribution is 5.92. The number of carbonyl (C=O) groups is 3. The Kier molecular flexibility index (Phi) is 10.4. The predicted octanol–water partition coefficient (Wildman–Crippen LogP) is 5.39. The first-order chi connectivity index (χ1) is 20.0. The van der Waals surface area contributed by atoms with Crippen LogP contribution in [0.4, 0.5) is 4.39 Å². The normalized spacial score (nSPS) is 19.1. The molecule has 42 heavy (non-hydrogen) atoms. The number of rotatable bonds is 11. The van der Waals surface area contributed by atoms with E-state index in [4.69, 9.17) is 0 Å². The molecule has 2 aromatic rings. The Bertz CT molecular complexity index is 1220. The Hall–Kier alpha value is -3.23. The molecule has 3 amide bonds. The Morgan fingerprint density at radius 2 is 1.79 bits per heavy atom. The molecule has 2 fully saturated rings. The van der Waals surface area contributed by atoms with Gasteiger partial charge in [-0.2, -0.15) is 0 Å². The molecule has 1 saturated heterocycles. The molecule has 2 aliphatic rings. The molecule has 0 bridgehead atoms. The Morgan fingerprint density at radius 1 is 1.10 bits per heavy atom. The minimum atomic E-state index is -0.662. The molecule has 1 saturated carbocycles. The molecular weight excluding hydrogens is 533 g/mol. The van der Waals surface area contributed by atoms with E-state index in [9.17, 15) is 18.8 Å². The van der Waals surface area contributed by atoms with Gasteiger partial charge in [0.05, 0.1) is 6.33 Å². The highest BCUT2D eigenvalue weighted by Crippen LogP contribution is 2.30. The van der Waals surface area contributed by atoms with Crippen LogP contribution in [0.2, 0.25) is 0 Å². The van der Waals surface area contributed by atoms with Crippen LogP contribution in [-0.2, 0) is 16.0 Å². The van der Waals surface area contributed by atoms with Crippen molar-refractivity contribution in [3.8, 4) is 0 Å². The molecule has 1 aliphatic carbocycles. The van der Waals surface area contributed by atoms with E-state index in [1.807, 2.05) is 45.7 Å². The number of hydrogen-bond donors (Lipinski definition) is 1. The first-order valence-corrected chi connectivity index (χ1v) is 15.7. The fourth-order valence-corrected chi connectivity index (χ4v) is 6.06. The SMILES string of the molecule is CC[C@@H](C)C(=O)N[C@H](C(=O)N1CCC[C@H]1CN(CCc1ccc(F)cc1)C(=O)c1cn(C2CCCC2)cn1)C(C)(C)C. The van der Waals surface area contributed by atoms with Crippen molar-refractivity contribution in [2.75, 3.05) is 19.6 Å². The third-order valence-corrected chi connectivity index (χ3v) is 8.99. The number of nitrogens with zero attached hydrogens (tertiary/aromatic N) is 4. The Balaban J connectivity index is 1.53. The Morgan fingerprint density at radius 3 is 2.43 bits per heavy atom. The molecule has 1 aromatic carbocycles. The van der Waals surface area contributed by atoms with Crippen LogP contribution in [0, 0.1) is 17.2 Å². The summed E-state index contributed by atoms with van der Waals surface area (Å²) in [4.78, 5) is 48.9. The van der Waals surface area contributed by atoms with Crippen LogP contribution in [-0.4, -0.2) is 68.8 Å². The van der Waals surface area contributed by atoms with E-state index in [1.54, 1.807) is 23.4 Å². The van der Waals surface area contributed by atoms with E-state index in [0.29, 0.717) is 44.2 Å². The zero-order chi connectivity index (χ0) is 30.4. The summed E-state index contributed by atoms with van der Waals surface area (Å²) >= 11 is 0. The number of aromatic nitrogens is 2. The molecule has 1 aromatic heterocycles. The molecule has 4 rings (SSSR count). The third-order valence-electron chi connectivity index (χ3n) is 8.99. The van der Waals surface area contributed by atoms with Gasteiger partial charge in [0, 0.05) is 43.8 Å². The van der Waals surface area contributed by atoms with Crippen molar-refractivity contribution in [2.45, 2.75) is 104 Å². The number of amides is 3. The van der Waals surface area contributed by atoms with Crippen molar-refractivity contribution in [1.29, 1.82) is 0 Å². The van der Waals surface area contributed by atoms with Crippen LogP contribution in [0.5, 0.6) is 0 Å². The smallest absolute Gasteiger partial charge is 0.274 e. The summed E-state index contributed by atoms with van der Waals surface area (Å²) in [5.41, 5.74) is 0.870. The lowest BCUT2D eigenvalue weighted by Crippen LogP contribution is -2.57. The van der Waals surface area contributed by atoms with Gasteiger partial charge < -0.3 is 19.7 Å². The second kappa shape index (κ2) is 13.8. The number of benzene rings is 1. The van der Waals surface area contributed by atoms with Gasteiger partial charge in [0.25, 0.3) is 5.91 Å².